The summed E-state index contributed by atoms with van der Waals surface area (Å²) < 4.78 is 2.38. The van der Waals surface area contributed by atoms with E-state index in [1.54, 1.807) is 0 Å². The highest BCUT2D eigenvalue weighted by atomic mass is 15.1. The van der Waals surface area contributed by atoms with E-state index in [4.69, 9.17) is 0 Å². The van der Waals surface area contributed by atoms with Crippen LogP contribution >= 0.6 is 0 Å². The molecule has 0 amide bonds. The van der Waals surface area contributed by atoms with Gasteiger partial charge in [-0.1, -0.05) is 152 Å². The van der Waals surface area contributed by atoms with Gasteiger partial charge in [-0.15, -0.1) is 0 Å². The summed E-state index contributed by atoms with van der Waals surface area (Å²) in [6.07, 6.45) is 0. The topological polar surface area (TPSA) is 8.17 Å². The third kappa shape index (κ3) is 4.67. The number of aromatic nitrogens is 1. The first-order valence-corrected chi connectivity index (χ1v) is 18.6. The smallest absolute Gasteiger partial charge is 0.0542 e. The highest BCUT2D eigenvalue weighted by Gasteiger charge is 2.20. The number of fused-ring (bicyclic) bond motifs is 9. The molecule has 0 saturated heterocycles. The molecule has 0 aliphatic heterocycles. The zero-order valence-corrected chi connectivity index (χ0v) is 29.5. The van der Waals surface area contributed by atoms with Crippen LogP contribution in [0, 0.1) is 0 Å². The maximum absolute atomic E-state index is 2.42. The van der Waals surface area contributed by atoms with Crippen molar-refractivity contribution in [3.8, 4) is 16.8 Å². The third-order valence-corrected chi connectivity index (χ3v) is 11.2. The van der Waals surface area contributed by atoms with Crippen molar-refractivity contribution in [1.82, 2.24) is 4.57 Å². The van der Waals surface area contributed by atoms with E-state index in [2.05, 4.69) is 216 Å². The van der Waals surface area contributed by atoms with Crippen molar-refractivity contribution in [2.45, 2.75) is 0 Å². The molecule has 0 aliphatic carbocycles. The Hall–Kier alpha value is -7.16. The average molecular weight is 687 g/mol. The standard InChI is InChI=1S/C52H34N2/c1-3-15-36(16-4-1)53(38-27-32-52-49(34-38)48-22-11-12-25-50(48)54(52)37-17-5-2-6-18-37)51-33-31-46(42-20-9-10-21-47(42)51)41-24-13-23-40-44-28-26-35-14-7-8-19-39(35)43(44)29-30-45(40)41/h1-34H. The van der Waals surface area contributed by atoms with Crippen LogP contribution in [0.15, 0.2) is 206 Å². The van der Waals surface area contributed by atoms with Gasteiger partial charge >= 0.3 is 0 Å². The lowest BCUT2D eigenvalue weighted by Crippen LogP contribution is -2.10. The summed E-state index contributed by atoms with van der Waals surface area (Å²) in [7, 11) is 0. The second-order valence-corrected chi connectivity index (χ2v) is 14.1. The van der Waals surface area contributed by atoms with Crippen molar-refractivity contribution < 1.29 is 0 Å². The maximum Gasteiger partial charge on any atom is 0.0542 e. The number of anilines is 3. The fraction of sp³-hybridized carbons (Fsp3) is 0. The molecule has 10 aromatic carbocycles. The first-order chi connectivity index (χ1) is 26.8. The fourth-order valence-corrected chi connectivity index (χ4v) is 8.76. The summed E-state index contributed by atoms with van der Waals surface area (Å²) in [4.78, 5) is 2.42. The highest BCUT2D eigenvalue weighted by molar-refractivity contribution is 6.21. The fourth-order valence-electron chi connectivity index (χ4n) is 8.76. The van der Waals surface area contributed by atoms with E-state index < -0.39 is 0 Å². The quantitative estimate of drug-likeness (QED) is 0.164. The van der Waals surface area contributed by atoms with Crippen molar-refractivity contribution in [2.24, 2.45) is 0 Å². The molecule has 0 atom stereocenters. The molecule has 0 N–H and O–H groups in total. The molecular formula is C52H34N2. The van der Waals surface area contributed by atoms with E-state index in [1.165, 1.54) is 76.0 Å². The summed E-state index contributed by atoms with van der Waals surface area (Å²) in [5.41, 5.74) is 9.40. The minimum absolute atomic E-state index is 1.12. The molecule has 11 aromatic rings. The summed E-state index contributed by atoms with van der Waals surface area (Å²) in [5.74, 6) is 0. The van der Waals surface area contributed by atoms with Crippen LogP contribution in [0.3, 0.4) is 0 Å². The molecule has 0 spiro atoms. The van der Waals surface area contributed by atoms with Crippen LogP contribution in [-0.4, -0.2) is 4.57 Å². The first-order valence-electron chi connectivity index (χ1n) is 18.6. The van der Waals surface area contributed by atoms with Gasteiger partial charge in [-0.05, 0) is 103 Å². The second-order valence-electron chi connectivity index (χ2n) is 14.1. The van der Waals surface area contributed by atoms with E-state index in [0.717, 1.165) is 22.7 Å². The minimum atomic E-state index is 1.12. The first kappa shape index (κ1) is 30.5. The van der Waals surface area contributed by atoms with Gasteiger partial charge in [0.15, 0.2) is 0 Å². The lowest BCUT2D eigenvalue weighted by atomic mass is 9.90. The van der Waals surface area contributed by atoms with E-state index in [0.29, 0.717) is 0 Å². The number of rotatable bonds is 5. The Morgan fingerprint density at radius 2 is 0.870 bits per heavy atom. The van der Waals surface area contributed by atoms with Crippen LogP contribution in [-0.2, 0) is 0 Å². The molecule has 0 radical (unpaired) electrons. The molecular weight excluding hydrogens is 653 g/mol. The molecule has 0 saturated carbocycles. The predicted molar refractivity (Wildman–Crippen MR) is 231 cm³/mol. The highest BCUT2D eigenvalue weighted by Crippen LogP contribution is 2.45. The van der Waals surface area contributed by atoms with Gasteiger partial charge in [-0.25, -0.2) is 0 Å². The Kier molecular flexibility index (Phi) is 6.90. The summed E-state index contributed by atoms with van der Waals surface area (Å²) in [5, 5.41) is 12.6. The van der Waals surface area contributed by atoms with E-state index in [-0.39, 0.29) is 0 Å². The Bertz CT molecular complexity index is 3210. The molecule has 2 nitrogen and oxygen atoms in total. The van der Waals surface area contributed by atoms with Crippen LogP contribution in [0.4, 0.5) is 17.1 Å². The number of hydrogen-bond acceptors (Lipinski definition) is 1. The monoisotopic (exact) mass is 686 g/mol. The van der Waals surface area contributed by atoms with Gasteiger partial charge in [-0.2, -0.15) is 0 Å². The van der Waals surface area contributed by atoms with Crippen LogP contribution in [0.1, 0.15) is 0 Å². The Morgan fingerprint density at radius 1 is 0.296 bits per heavy atom. The average Bonchev–Trinajstić information content (AvgIpc) is 3.58. The van der Waals surface area contributed by atoms with Gasteiger partial charge in [-0.3, -0.25) is 0 Å². The molecule has 0 fully saturated rings. The van der Waals surface area contributed by atoms with Crippen molar-refractivity contribution in [3.05, 3.63) is 206 Å². The molecule has 2 heteroatoms. The van der Waals surface area contributed by atoms with Gasteiger partial charge in [0.1, 0.15) is 0 Å². The van der Waals surface area contributed by atoms with Crippen LogP contribution < -0.4 is 4.90 Å². The lowest BCUT2D eigenvalue weighted by molar-refractivity contribution is 1.18. The van der Waals surface area contributed by atoms with Crippen molar-refractivity contribution in [3.63, 3.8) is 0 Å². The summed E-state index contributed by atoms with van der Waals surface area (Å²) in [6, 6.07) is 75.2. The van der Waals surface area contributed by atoms with Crippen molar-refractivity contribution in [1.29, 1.82) is 0 Å². The molecule has 0 aliphatic rings. The Labute approximate surface area is 313 Å². The van der Waals surface area contributed by atoms with E-state index in [9.17, 15) is 0 Å². The molecule has 0 unspecified atom stereocenters. The van der Waals surface area contributed by atoms with Crippen LogP contribution in [0.2, 0.25) is 0 Å². The number of benzene rings is 10. The number of nitrogens with zero attached hydrogens (tertiary/aromatic N) is 2. The third-order valence-electron chi connectivity index (χ3n) is 11.2. The van der Waals surface area contributed by atoms with Gasteiger partial charge in [0.25, 0.3) is 0 Å². The Morgan fingerprint density at radius 3 is 1.72 bits per heavy atom. The normalized spacial score (nSPS) is 11.7. The minimum Gasteiger partial charge on any atom is -0.310 e. The zero-order valence-electron chi connectivity index (χ0n) is 29.5. The number of hydrogen-bond donors (Lipinski definition) is 0. The predicted octanol–water partition coefficient (Wildman–Crippen LogP) is 14.5. The van der Waals surface area contributed by atoms with Gasteiger partial charge in [0.05, 0.1) is 16.7 Å². The summed E-state index contributed by atoms with van der Waals surface area (Å²) >= 11 is 0. The molecule has 1 aromatic heterocycles. The largest absolute Gasteiger partial charge is 0.310 e. The molecule has 11 rings (SSSR count). The SMILES string of the molecule is c1ccc(N(c2ccc3c(c2)c2ccccc2n3-c2ccccc2)c2ccc(-c3cccc4c3ccc3c5ccccc5ccc43)c3ccccc23)cc1. The molecule has 54 heavy (non-hydrogen) atoms. The maximum atomic E-state index is 2.42. The Balaban J connectivity index is 1.12. The van der Waals surface area contributed by atoms with E-state index >= 15 is 0 Å². The zero-order chi connectivity index (χ0) is 35.6. The molecule has 1 heterocycles. The van der Waals surface area contributed by atoms with Crippen molar-refractivity contribution in [2.75, 3.05) is 4.90 Å². The second kappa shape index (κ2) is 12.2. The van der Waals surface area contributed by atoms with Crippen LogP contribution in [0.5, 0.6) is 0 Å². The molecule has 0 bridgehead atoms. The van der Waals surface area contributed by atoms with Gasteiger partial charge in [0.2, 0.25) is 0 Å². The van der Waals surface area contributed by atoms with Crippen LogP contribution in [0.25, 0.3) is 81.7 Å². The van der Waals surface area contributed by atoms with E-state index in [1.807, 2.05) is 0 Å². The van der Waals surface area contributed by atoms with Gasteiger partial charge < -0.3 is 9.47 Å². The van der Waals surface area contributed by atoms with Gasteiger partial charge in [0, 0.05) is 33.2 Å². The summed E-state index contributed by atoms with van der Waals surface area (Å²) in [6.45, 7) is 0. The number of para-hydroxylation sites is 3. The lowest BCUT2D eigenvalue weighted by Gasteiger charge is -2.28. The van der Waals surface area contributed by atoms with Crippen molar-refractivity contribution >= 4 is 82.0 Å². The molecule has 252 valence electrons.